The zero-order valence-electron chi connectivity index (χ0n) is 16.2. The third kappa shape index (κ3) is 5.35. The number of rotatable bonds is 10. The van der Waals surface area contributed by atoms with E-state index in [1.165, 1.54) is 47.9 Å². The number of carbonyl (C=O) groups is 1. The Hall–Kier alpha value is -1.34. The molecule has 0 radical (unpaired) electrons. The number of aryl methyl sites for hydroxylation is 2. The number of H-pyrrole nitrogens is 1. The van der Waals surface area contributed by atoms with Gasteiger partial charge in [-0.05, 0) is 38.2 Å². The fraction of sp³-hybridized carbons (Fsp3) is 0.650. The smallest absolute Gasteiger partial charge is 0.259 e. The Balaban J connectivity index is 1.46. The lowest BCUT2D eigenvalue weighted by Crippen LogP contribution is -2.33. The Bertz CT molecular complexity index is 844. The van der Waals surface area contributed by atoms with Crippen molar-refractivity contribution in [3.05, 3.63) is 26.6 Å². The number of unbranched alkanes of at least 4 members (excludes halogenated alkanes) is 3. The topological polar surface area (TPSA) is 74.8 Å². The first kappa shape index (κ1) is 20.4. The summed E-state index contributed by atoms with van der Waals surface area (Å²) in [7, 11) is 0. The van der Waals surface area contributed by atoms with Crippen molar-refractivity contribution in [3.8, 4) is 0 Å². The number of fused-ring (bicyclic) bond motifs is 3. The van der Waals surface area contributed by atoms with Crippen molar-refractivity contribution in [1.82, 2.24) is 15.3 Å². The van der Waals surface area contributed by atoms with E-state index < -0.39 is 0 Å². The van der Waals surface area contributed by atoms with Crippen molar-refractivity contribution in [2.45, 2.75) is 77.0 Å². The first-order chi connectivity index (χ1) is 13.1. The van der Waals surface area contributed by atoms with E-state index in [0.717, 1.165) is 35.9 Å². The highest BCUT2D eigenvalue weighted by Crippen LogP contribution is 2.34. The minimum absolute atomic E-state index is 0.0276. The number of hydrogen-bond donors (Lipinski definition) is 2. The molecule has 0 aromatic carbocycles. The van der Waals surface area contributed by atoms with Gasteiger partial charge in [0.2, 0.25) is 5.91 Å². The van der Waals surface area contributed by atoms with Gasteiger partial charge in [0.25, 0.3) is 5.56 Å². The second-order valence-corrected chi connectivity index (χ2v) is 9.43. The van der Waals surface area contributed by atoms with Crippen LogP contribution >= 0.6 is 23.1 Å². The lowest BCUT2D eigenvalue weighted by atomic mass is 10.1. The van der Waals surface area contributed by atoms with Crippen molar-refractivity contribution in [1.29, 1.82) is 0 Å². The number of hydrogen-bond acceptors (Lipinski definition) is 5. The van der Waals surface area contributed by atoms with E-state index in [-0.39, 0.29) is 17.5 Å². The van der Waals surface area contributed by atoms with Crippen molar-refractivity contribution in [2.75, 3.05) is 5.75 Å². The average molecular weight is 408 g/mol. The van der Waals surface area contributed by atoms with Gasteiger partial charge in [-0.15, -0.1) is 23.1 Å². The highest BCUT2D eigenvalue weighted by molar-refractivity contribution is 7.99. The molecule has 148 valence electrons. The standard InChI is InChI=1S/C20H29N3O2S2/c1-3-4-5-6-8-13(2)21-17(24)12-26-11-16-22-19(25)18-14-9-7-10-15(14)27-20(18)23-16/h13H,3-12H2,1-2H3,(H,21,24)(H,22,23,25). The predicted molar refractivity (Wildman–Crippen MR) is 115 cm³/mol. The molecule has 2 aromatic heterocycles. The zero-order chi connectivity index (χ0) is 19.2. The first-order valence-corrected chi connectivity index (χ1v) is 12.0. The molecule has 3 rings (SSSR count). The molecule has 0 fully saturated rings. The van der Waals surface area contributed by atoms with Crippen LogP contribution in [0.15, 0.2) is 4.79 Å². The van der Waals surface area contributed by atoms with E-state index in [4.69, 9.17) is 0 Å². The van der Waals surface area contributed by atoms with Crippen LogP contribution in [0.1, 0.15) is 68.6 Å². The summed E-state index contributed by atoms with van der Waals surface area (Å²) in [4.78, 5) is 34.2. The third-order valence-corrected chi connectivity index (χ3v) is 7.12. The largest absolute Gasteiger partial charge is 0.353 e. The number of nitrogens with one attached hydrogen (secondary N) is 2. The summed E-state index contributed by atoms with van der Waals surface area (Å²) in [6, 6.07) is 0.220. The Labute approximate surface area is 168 Å². The number of thiophene rings is 1. The van der Waals surface area contributed by atoms with E-state index in [1.807, 2.05) is 0 Å². The summed E-state index contributed by atoms with van der Waals surface area (Å²) in [6.07, 6.45) is 9.12. The molecular weight excluding hydrogens is 378 g/mol. The molecule has 2 N–H and O–H groups in total. The summed E-state index contributed by atoms with van der Waals surface area (Å²) < 4.78 is 0. The maximum atomic E-state index is 12.4. The number of aromatic amines is 1. The normalized spacial score (nSPS) is 14.4. The van der Waals surface area contributed by atoms with Crippen LogP contribution in [0.4, 0.5) is 0 Å². The lowest BCUT2D eigenvalue weighted by Gasteiger charge is -2.13. The summed E-state index contributed by atoms with van der Waals surface area (Å²) in [5, 5.41) is 3.85. The van der Waals surface area contributed by atoms with Gasteiger partial charge in [-0.25, -0.2) is 4.98 Å². The van der Waals surface area contributed by atoms with Gasteiger partial charge in [0.15, 0.2) is 0 Å². The number of thioether (sulfide) groups is 1. The van der Waals surface area contributed by atoms with E-state index in [1.54, 1.807) is 11.3 Å². The SMILES string of the molecule is CCCCCCC(C)NC(=O)CSCc1nc2sc3c(c2c(=O)[nH]1)CCC3. The van der Waals surface area contributed by atoms with E-state index in [2.05, 4.69) is 29.1 Å². The Morgan fingerprint density at radius 2 is 2.19 bits per heavy atom. The van der Waals surface area contributed by atoms with Crippen molar-refractivity contribution >= 4 is 39.2 Å². The Morgan fingerprint density at radius 3 is 3.00 bits per heavy atom. The van der Waals surface area contributed by atoms with Gasteiger partial charge in [0, 0.05) is 10.9 Å². The van der Waals surface area contributed by atoms with Crippen LogP contribution in [0.5, 0.6) is 0 Å². The van der Waals surface area contributed by atoms with Crippen molar-refractivity contribution in [2.24, 2.45) is 0 Å². The molecule has 2 heterocycles. The van der Waals surface area contributed by atoms with Crippen LogP contribution in [-0.2, 0) is 23.4 Å². The fourth-order valence-electron chi connectivity index (χ4n) is 3.62. The van der Waals surface area contributed by atoms with Crippen LogP contribution < -0.4 is 10.9 Å². The zero-order valence-corrected chi connectivity index (χ0v) is 17.9. The molecular formula is C20H29N3O2S2. The quantitative estimate of drug-likeness (QED) is 0.579. The lowest BCUT2D eigenvalue weighted by molar-refractivity contribution is -0.119. The molecule has 1 aliphatic rings. The van der Waals surface area contributed by atoms with Crippen LogP contribution in [0.2, 0.25) is 0 Å². The molecule has 0 saturated carbocycles. The summed E-state index contributed by atoms with van der Waals surface area (Å²) in [5.41, 5.74) is 1.18. The van der Waals surface area contributed by atoms with Crippen LogP contribution in [-0.4, -0.2) is 27.7 Å². The average Bonchev–Trinajstić information content (AvgIpc) is 3.19. The second-order valence-electron chi connectivity index (χ2n) is 7.36. The van der Waals surface area contributed by atoms with Gasteiger partial charge in [-0.2, -0.15) is 0 Å². The van der Waals surface area contributed by atoms with Gasteiger partial charge in [-0.3, -0.25) is 9.59 Å². The molecule has 0 saturated heterocycles. The molecule has 0 aliphatic heterocycles. The summed E-state index contributed by atoms with van der Waals surface area (Å²) >= 11 is 3.15. The number of nitrogens with zero attached hydrogens (tertiary/aromatic N) is 1. The minimum Gasteiger partial charge on any atom is -0.353 e. The Morgan fingerprint density at radius 1 is 1.33 bits per heavy atom. The van der Waals surface area contributed by atoms with Gasteiger partial charge >= 0.3 is 0 Å². The maximum absolute atomic E-state index is 12.4. The van der Waals surface area contributed by atoms with Crippen LogP contribution in [0.3, 0.4) is 0 Å². The van der Waals surface area contributed by atoms with E-state index in [9.17, 15) is 9.59 Å². The molecule has 1 aliphatic carbocycles. The molecule has 1 unspecified atom stereocenters. The Kier molecular flexibility index (Phi) is 7.35. The fourth-order valence-corrected chi connectivity index (χ4v) is 5.60. The minimum atomic E-state index is -0.0276. The molecule has 7 heteroatoms. The van der Waals surface area contributed by atoms with Gasteiger partial charge in [-0.1, -0.05) is 32.6 Å². The van der Waals surface area contributed by atoms with Crippen molar-refractivity contribution in [3.63, 3.8) is 0 Å². The molecule has 1 atom stereocenters. The highest BCUT2D eigenvalue weighted by Gasteiger charge is 2.21. The van der Waals surface area contributed by atoms with E-state index in [0.29, 0.717) is 17.3 Å². The van der Waals surface area contributed by atoms with Gasteiger partial charge in [0.05, 0.1) is 16.9 Å². The van der Waals surface area contributed by atoms with Crippen LogP contribution in [0.25, 0.3) is 10.2 Å². The van der Waals surface area contributed by atoms with Crippen LogP contribution in [0, 0.1) is 0 Å². The molecule has 0 spiro atoms. The first-order valence-electron chi connectivity index (χ1n) is 9.99. The van der Waals surface area contributed by atoms with Gasteiger partial charge in [0.1, 0.15) is 10.7 Å². The monoisotopic (exact) mass is 407 g/mol. The molecule has 27 heavy (non-hydrogen) atoms. The molecule has 0 bridgehead atoms. The molecule has 5 nitrogen and oxygen atoms in total. The summed E-state index contributed by atoms with van der Waals surface area (Å²) in [5.74, 6) is 1.66. The molecule has 2 aromatic rings. The van der Waals surface area contributed by atoms with Crippen molar-refractivity contribution < 1.29 is 4.79 Å². The number of amides is 1. The summed E-state index contributed by atoms with van der Waals surface area (Å²) in [6.45, 7) is 4.27. The second kappa shape index (κ2) is 9.73. The van der Waals surface area contributed by atoms with E-state index >= 15 is 0 Å². The number of aromatic nitrogens is 2. The maximum Gasteiger partial charge on any atom is 0.259 e. The highest BCUT2D eigenvalue weighted by atomic mass is 32.2. The predicted octanol–water partition coefficient (Wildman–Crippen LogP) is 4.18. The van der Waals surface area contributed by atoms with Gasteiger partial charge < -0.3 is 10.3 Å². The number of carbonyl (C=O) groups excluding carboxylic acids is 1. The molecule has 1 amide bonds. The third-order valence-electron chi connectivity index (χ3n) is 4.99.